The number of benzene rings is 2. The number of halogens is 3. The van der Waals surface area contributed by atoms with Gasteiger partial charge in [-0.15, -0.1) is 11.3 Å². The van der Waals surface area contributed by atoms with E-state index in [0.29, 0.717) is 42.9 Å². The van der Waals surface area contributed by atoms with Crippen LogP contribution in [0.4, 0.5) is 13.2 Å². The number of ether oxygens (including phenoxy) is 1. The maximum Gasteiger partial charge on any atom is 0.280 e. The molecule has 0 radical (unpaired) electrons. The number of aromatic hydroxyl groups is 1. The van der Waals surface area contributed by atoms with Gasteiger partial charge in [-0.25, -0.2) is 13.2 Å². The molecule has 9 rings (SSSR count). The van der Waals surface area contributed by atoms with Crippen molar-refractivity contribution in [3.05, 3.63) is 98.0 Å². The van der Waals surface area contributed by atoms with Crippen molar-refractivity contribution in [3.8, 4) is 27.3 Å². The zero-order chi connectivity index (χ0) is 30.8. The van der Waals surface area contributed by atoms with Crippen molar-refractivity contribution < 1.29 is 27.8 Å². The van der Waals surface area contributed by atoms with Gasteiger partial charge >= 0.3 is 0 Å². The average molecular weight is 632 g/mol. The summed E-state index contributed by atoms with van der Waals surface area (Å²) in [5.74, 6) is -5.50. The molecule has 2 aliphatic carbocycles. The number of nitrogens with zero attached hydrogens (tertiary/aromatic N) is 3. The number of hydrogen-bond donors (Lipinski definition) is 1. The molecule has 2 aromatic carbocycles. The van der Waals surface area contributed by atoms with E-state index in [1.807, 2.05) is 29.3 Å². The van der Waals surface area contributed by atoms with Gasteiger partial charge in [0.25, 0.3) is 11.8 Å². The molecular weight excluding hydrogens is 603 g/mol. The lowest BCUT2D eigenvalue weighted by Crippen LogP contribution is -2.66. The van der Waals surface area contributed by atoms with Crippen LogP contribution in [0, 0.1) is 11.2 Å². The first-order valence-corrected chi connectivity index (χ1v) is 16.1. The number of amides is 1. The van der Waals surface area contributed by atoms with Crippen LogP contribution in [0.3, 0.4) is 0 Å². The Morgan fingerprint density at radius 2 is 1.78 bits per heavy atom. The minimum Gasteiger partial charge on any atom is -0.502 e. The Hall–Kier alpha value is -4.09. The molecule has 45 heavy (non-hydrogen) atoms. The van der Waals surface area contributed by atoms with Gasteiger partial charge in [0.2, 0.25) is 5.43 Å². The van der Waals surface area contributed by atoms with Gasteiger partial charge in [-0.05, 0) is 64.8 Å². The van der Waals surface area contributed by atoms with Crippen molar-refractivity contribution in [2.45, 2.75) is 50.2 Å². The highest BCUT2D eigenvalue weighted by molar-refractivity contribution is 7.14. The predicted octanol–water partition coefficient (Wildman–Crippen LogP) is 6.15. The lowest BCUT2D eigenvalue weighted by molar-refractivity contribution is -0.0430. The number of carbonyl (C=O) groups excluding carboxylic acids is 1. The van der Waals surface area contributed by atoms with Crippen LogP contribution >= 0.6 is 11.3 Å². The molecule has 0 bridgehead atoms. The predicted molar refractivity (Wildman–Crippen MR) is 162 cm³/mol. The SMILES string of the molecule is O=C1c2c(O)c(=O)ccn2N([C@@H]2c3ccccc3-c3scc4c3-c3c2ccc(F)c3C(F)(F)C4)[C@@H]2CC3(CCOCC3)CCN12. The topological polar surface area (TPSA) is 75.0 Å². The summed E-state index contributed by atoms with van der Waals surface area (Å²) < 4.78 is 54.6. The van der Waals surface area contributed by atoms with Crippen molar-refractivity contribution in [1.29, 1.82) is 0 Å². The van der Waals surface area contributed by atoms with Gasteiger partial charge in [-0.3, -0.25) is 19.3 Å². The number of hydrogen-bond acceptors (Lipinski definition) is 6. The van der Waals surface area contributed by atoms with Crippen molar-refractivity contribution in [2.24, 2.45) is 5.41 Å². The summed E-state index contributed by atoms with van der Waals surface area (Å²) in [5.41, 5.74) is 1.86. The molecule has 7 nitrogen and oxygen atoms in total. The molecule has 1 amide bonds. The first-order valence-electron chi connectivity index (χ1n) is 15.2. The summed E-state index contributed by atoms with van der Waals surface area (Å²) in [4.78, 5) is 29.3. The second kappa shape index (κ2) is 9.23. The Morgan fingerprint density at radius 1 is 0.978 bits per heavy atom. The molecule has 2 saturated heterocycles. The first-order chi connectivity index (χ1) is 21.7. The summed E-state index contributed by atoms with van der Waals surface area (Å²) in [6, 6.07) is 10.9. The molecule has 1 spiro atoms. The molecule has 5 heterocycles. The lowest BCUT2D eigenvalue weighted by Gasteiger charge is -2.56. The number of aromatic nitrogens is 1. The Labute approximate surface area is 260 Å². The van der Waals surface area contributed by atoms with E-state index in [4.69, 9.17) is 4.74 Å². The molecule has 4 aromatic rings. The van der Waals surface area contributed by atoms with E-state index in [0.717, 1.165) is 41.3 Å². The molecule has 3 aliphatic heterocycles. The standard InChI is InChI=1S/C34H28F3N3O4S/c35-22-6-5-21-26-25-18(15-34(36,37)27(22)26)17-45-31(25)20-4-2-1-3-19(20)28(21)40-24-16-33(9-13-44-14-10-33)8-12-38(24)32(43)29-30(42)23(41)7-11-39(29)40/h1-7,11,17,24,28,42H,8-10,12-16H2/t24-,28-/m1/s1. The molecule has 1 N–H and O–H groups in total. The van der Waals surface area contributed by atoms with E-state index in [2.05, 4.69) is 0 Å². The molecule has 11 heteroatoms. The first kappa shape index (κ1) is 27.2. The van der Waals surface area contributed by atoms with Crippen molar-refractivity contribution >= 4 is 17.2 Å². The maximum atomic E-state index is 15.9. The van der Waals surface area contributed by atoms with E-state index in [1.54, 1.807) is 16.3 Å². The monoisotopic (exact) mass is 631 g/mol. The fourth-order valence-electron chi connectivity index (χ4n) is 8.49. The van der Waals surface area contributed by atoms with Crippen LogP contribution in [0.2, 0.25) is 0 Å². The molecule has 0 saturated carbocycles. The summed E-state index contributed by atoms with van der Waals surface area (Å²) in [7, 11) is 0. The van der Waals surface area contributed by atoms with Crippen LogP contribution in [0.15, 0.2) is 58.8 Å². The lowest BCUT2D eigenvalue weighted by atomic mass is 9.71. The van der Waals surface area contributed by atoms with Crippen molar-refractivity contribution in [2.75, 3.05) is 24.8 Å². The van der Waals surface area contributed by atoms with E-state index in [1.165, 1.54) is 28.3 Å². The van der Waals surface area contributed by atoms with Gasteiger partial charge < -0.3 is 14.7 Å². The van der Waals surface area contributed by atoms with Crippen molar-refractivity contribution in [1.82, 2.24) is 9.58 Å². The van der Waals surface area contributed by atoms with Crippen LogP contribution in [0.25, 0.3) is 21.6 Å². The quantitative estimate of drug-likeness (QED) is 0.273. The van der Waals surface area contributed by atoms with E-state index < -0.39 is 53.0 Å². The fraction of sp³-hybridized carbons (Fsp3) is 0.353. The minimum atomic E-state index is -3.43. The third-order valence-electron chi connectivity index (χ3n) is 10.6. The van der Waals surface area contributed by atoms with E-state index in [9.17, 15) is 14.7 Å². The number of alkyl halides is 2. The van der Waals surface area contributed by atoms with Gasteiger partial charge in [0.15, 0.2) is 11.4 Å². The second-order valence-electron chi connectivity index (χ2n) is 12.9. The number of pyridine rings is 1. The fourth-order valence-corrected chi connectivity index (χ4v) is 9.61. The zero-order valence-electron chi connectivity index (χ0n) is 24.1. The Bertz CT molecular complexity index is 2000. The molecule has 2 fully saturated rings. The highest BCUT2D eigenvalue weighted by atomic mass is 32.1. The van der Waals surface area contributed by atoms with Crippen LogP contribution in [-0.4, -0.2) is 46.5 Å². The average Bonchev–Trinajstić information content (AvgIpc) is 3.39. The number of thiophene rings is 1. The van der Waals surface area contributed by atoms with Crippen LogP contribution in [0.1, 0.15) is 64.5 Å². The summed E-state index contributed by atoms with van der Waals surface area (Å²) in [5, 5.41) is 14.8. The smallest absolute Gasteiger partial charge is 0.280 e. The minimum absolute atomic E-state index is 0.109. The van der Waals surface area contributed by atoms with Crippen LogP contribution < -0.4 is 10.4 Å². The molecule has 0 unspecified atom stereocenters. The van der Waals surface area contributed by atoms with E-state index >= 15 is 13.2 Å². The highest BCUT2D eigenvalue weighted by Crippen LogP contribution is 2.59. The normalized spacial score (nSPS) is 23.6. The summed E-state index contributed by atoms with van der Waals surface area (Å²) in [6.07, 6.45) is 3.32. The van der Waals surface area contributed by atoms with Crippen LogP contribution in [0.5, 0.6) is 5.75 Å². The summed E-state index contributed by atoms with van der Waals surface area (Å²) in [6.45, 7) is 1.62. The Kier molecular flexibility index (Phi) is 5.59. The van der Waals surface area contributed by atoms with Gasteiger partial charge in [-0.2, -0.15) is 0 Å². The van der Waals surface area contributed by atoms with E-state index in [-0.39, 0.29) is 16.7 Å². The molecular formula is C34H28F3N3O4S. The molecule has 5 aliphatic rings. The van der Waals surface area contributed by atoms with Crippen molar-refractivity contribution in [3.63, 3.8) is 0 Å². The number of rotatable bonds is 1. The maximum absolute atomic E-state index is 15.9. The number of carbonyl (C=O) groups is 1. The largest absolute Gasteiger partial charge is 0.502 e. The van der Waals surface area contributed by atoms with Crippen LogP contribution in [-0.2, 0) is 17.1 Å². The van der Waals surface area contributed by atoms with Gasteiger partial charge in [0.05, 0.1) is 11.6 Å². The highest BCUT2D eigenvalue weighted by Gasteiger charge is 2.53. The third kappa shape index (κ3) is 3.62. The Balaban J connectivity index is 1.37. The van der Waals surface area contributed by atoms with Gasteiger partial charge in [-0.1, -0.05) is 30.3 Å². The second-order valence-corrected chi connectivity index (χ2v) is 13.7. The molecule has 230 valence electrons. The third-order valence-corrected chi connectivity index (χ3v) is 11.7. The van der Waals surface area contributed by atoms with Gasteiger partial charge in [0.1, 0.15) is 12.0 Å². The van der Waals surface area contributed by atoms with Gasteiger partial charge in [0, 0.05) is 54.4 Å². The molecule has 2 aromatic heterocycles. The summed E-state index contributed by atoms with van der Waals surface area (Å²) >= 11 is 1.37. The molecule has 2 atom stereocenters. The zero-order valence-corrected chi connectivity index (χ0v) is 24.9. The Morgan fingerprint density at radius 3 is 2.60 bits per heavy atom. The number of piperidine rings is 1. The number of fused-ring (bicyclic) bond motifs is 4.